The molecule has 1 fully saturated rings. The molecular formula is C20H21N5OS. The van der Waals surface area contributed by atoms with Gasteiger partial charge in [0.15, 0.2) is 11.0 Å². The van der Waals surface area contributed by atoms with Crippen molar-refractivity contribution in [3.8, 4) is 11.4 Å². The van der Waals surface area contributed by atoms with Gasteiger partial charge in [0.1, 0.15) is 0 Å². The molecule has 0 aliphatic heterocycles. The van der Waals surface area contributed by atoms with Gasteiger partial charge in [0, 0.05) is 30.5 Å². The standard InChI is InChI=1S/C20H21N5OS/c1-14-5-2-3-6-15(14)12-22-18(26)13-27-20-24-23-19(25(20)17-8-9-17)16-7-4-10-21-11-16/h2-7,10-11,17H,8-9,12-13H2,1H3,(H,22,26). The lowest BCUT2D eigenvalue weighted by Crippen LogP contribution is -2.25. The lowest BCUT2D eigenvalue weighted by Gasteiger charge is -2.09. The number of benzene rings is 1. The lowest BCUT2D eigenvalue weighted by molar-refractivity contribution is -0.118. The Labute approximate surface area is 162 Å². The molecule has 1 amide bonds. The molecule has 0 atom stereocenters. The van der Waals surface area contributed by atoms with Crippen molar-refractivity contribution in [1.29, 1.82) is 0 Å². The number of rotatable bonds is 7. The van der Waals surface area contributed by atoms with Crippen molar-refractivity contribution < 1.29 is 4.79 Å². The average Bonchev–Trinajstić information content (AvgIpc) is 3.45. The van der Waals surface area contributed by atoms with Gasteiger partial charge < -0.3 is 5.32 Å². The van der Waals surface area contributed by atoms with E-state index in [0.29, 0.717) is 18.3 Å². The molecule has 0 unspecified atom stereocenters. The third-order valence-corrected chi connectivity index (χ3v) is 5.51. The van der Waals surface area contributed by atoms with Crippen molar-refractivity contribution in [3.05, 3.63) is 59.9 Å². The molecule has 1 saturated carbocycles. The summed E-state index contributed by atoms with van der Waals surface area (Å²) in [5.41, 5.74) is 3.27. The van der Waals surface area contributed by atoms with Crippen molar-refractivity contribution in [1.82, 2.24) is 25.1 Å². The minimum Gasteiger partial charge on any atom is -0.351 e. The van der Waals surface area contributed by atoms with Gasteiger partial charge in [-0.1, -0.05) is 36.0 Å². The first-order valence-corrected chi connectivity index (χ1v) is 10.0. The highest BCUT2D eigenvalue weighted by Gasteiger charge is 2.30. The molecule has 138 valence electrons. The zero-order valence-electron chi connectivity index (χ0n) is 15.1. The average molecular weight is 379 g/mol. The number of hydrogen-bond acceptors (Lipinski definition) is 5. The summed E-state index contributed by atoms with van der Waals surface area (Å²) in [7, 11) is 0. The fourth-order valence-electron chi connectivity index (χ4n) is 2.91. The number of carbonyl (C=O) groups is 1. The van der Waals surface area contributed by atoms with Gasteiger partial charge in [-0.05, 0) is 43.0 Å². The molecule has 1 N–H and O–H groups in total. The normalized spacial score (nSPS) is 13.5. The van der Waals surface area contributed by atoms with Crippen molar-refractivity contribution in [2.24, 2.45) is 0 Å². The summed E-state index contributed by atoms with van der Waals surface area (Å²) in [6.45, 7) is 2.59. The Morgan fingerprint density at radius 1 is 1.22 bits per heavy atom. The van der Waals surface area contributed by atoms with Gasteiger partial charge >= 0.3 is 0 Å². The van der Waals surface area contributed by atoms with E-state index in [0.717, 1.165) is 34.9 Å². The topological polar surface area (TPSA) is 72.7 Å². The van der Waals surface area contributed by atoms with Crippen LogP contribution in [0.25, 0.3) is 11.4 Å². The molecular weight excluding hydrogens is 358 g/mol. The maximum absolute atomic E-state index is 12.3. The Balaban J connectivity index is 1.40. The van der Waals surface area contributed by atoms with Gasteiger partial charge in [0.25, 0.3) is 0 Å². The van der Waals surface area contributed by atoms with Crippen molar-refractivity contribution in [3.63, 3.8) is 0 Å². The molecule has 1 aromatic carbocycles. The maximum Gasteiger partial charge on any atom is 0.230 e. The second-order valence-electron chi connectivity index (χ2n) is 6.64. The Hall–Kier alpha value is -2.67. The lowest BCUT2D eigenvalue weighted by atomic mass is 10.1. The molecule has 3 aromatic rings. The number of nitrogens with zero attached hydrogens (tertiary/aromatic N) is 4. The Bertz CT molecular complexity index is 937. The van der Waals surface area contributed by atoms with E-state index < -0.39 is 0 Å². The Morgan fingerprint density at radius 3 is 2.81 bits per heavy atom. The number of amides is 1. The van der Waals surface area contributed by atoms with Crippen LogP contribution in [-0.4, -0.2) is 31.4 Å². The SMILES string of the molecule is Cc1ccccc1CNC(=O)CSc1nnc(-c2cccnc2)n1C1CC1. The second kappa shape index (κ2) is 7.92. The largest absolute Gasteiger partial charge is 0.351 e. The minimum atomic E-state index is -0.00322. The van der Waals surface area contributed by atoms with Gasteiger partial charge in [-0.15, -0.1) is 10.2 Å². The molecule has 0 bridgehead atoms. The summed E-state index contributed by atoms with van der Waals surface area (Å²) in [4.78, 5) is 16.4. The van der Waals surface area contributed by atoms with Crippen LogP contribution in [0.5, 0.6) is 0 Å². The van der Waals surface area contributed by atoms with Crippen LogP contribution in [0.4, 0.5) is 0 Å². The number of carbonyl (C=O) groups excluding carboxylic acids is 1. The molecule has 4 rings (SSSR count). The van der Waals surface area contributed by atoms with Crippen LogP contribution in [0.3, 0.4) is 0 Å². The molecule has 6 nitrogen and oxygen atoms in total. The minimum absolute atomic E-state index is 0.00322. The van der Waals surface area contributed by atoms with Crippen molar-refractivity contribution >= 4 is 17.7 Å². The number of hydrogen-bond donors (Lipinski definition) is 1. The molecule has 2 heterocycles. The predicted octanol–water partition coefficient (Wildman–Crippen LogP) is 3.39. The van der Waals surface area contributed by atoms with Crippen LogP contribution in [0, 0.1) is 6.92 Å². The first kappa shape index (κ1) is 17.7. The van der Waals surface area contributed by atoms with Crippen molar-refractivity contribution in [2.75, 3.05) is 5.75 Å². The summed E-state index contributed by atoms with van der Waals surface area (Å²) in [5, 5.41) is 12.5. The monoisotopic (exact) mass is 379 g/mol. The Kier molecular flexibility index (Phi) is 5.20. The molecule has 1 aliphatic carbocycles. The number of nitrogens with one attached hydrogen (secondary N) is 1. The fourth-order valence-corrected chi connectivity index (χ4v) is 3.75. The van der Waals surface area contributed by atoms with E-state index in [1.54, 1.807) is 12.4 Å². The van der Waals surface area contributed by atoms with E-state index >= 15 is 0 Å². The molecule has 27 heavy (non-hydrogen) atoms. The number of aryl methyl sites for hydroxylation is 1. The van der Waals surface area contributed by atoms with Crippen molar-refractivity contribution in [2.45, 2.75) is 37.5 Å². The van der Waals surface area contributed by atoms with Gasteiger partial charge in [-0.3, -0.25) is 14.3 Å². The number of aromatic nitrogens is 4. The summed E-state index contributed by atoms with van der Waals surface area (Å²) >= 11 is 1.44. The highest BCUT2D eigenvalue weighted by Crippen LogP contribution is 2.40. The second-order valence-corrected chi connectivity index (χ2v) is 7.58. The highest BCUT2D eigenvalue weighted by molar-refractivity contribution is 7.99. The third-order valence-electron chi connectivity index (χ3n) is 4.57. The molecule has 2 aromatic heterocycles. The van der Waals surface area contributed by atoms with E-state index in [9.17, 15) is 4.79 Å². The highest BCUT2D eigenvalue weighted by atomic mass is 32.2. The molecule has 0 radical (unpaired) electrons. The van der Waals surface area contributed by atoms with E-state index in [1.165, 1.54) is 17.3 Å². The van der Waals surface area contributed by atoms with Gasteiger partial charge in [0.2, 0.25) is 5.91 Å². The smallest absolute Gasteiger partial charge is 0.230 e. The first-order valence-electron chi connectivity index (χ1n) is 9.01. The van der Waals surface area contributed by atoms with E-state index in [2.05, 4.69) is 25.1 Å². The predicted molar refractivity (Wildman–Crippen MR) is 105 cm³/mol. The van der Waals surface area contributed by atoms with Crippen LogP contribution in [0.1, 0.15) is 30.0 Å². The van der Waals surface area contributed by atoms with Crippen LogP contribution < -0.4 is 5.32 Å². The first-order chi connectivity index (χ1) is 13.2. The number of pyridine rings is 1. The quantitative estimate of drug-likeness (QED) is 0.637. The fraction of sp³-hybridized carbons (Fsp3) is 0.300. The summed E-state index contributed by atoms with van der Waals surface area (Å²) in [6, 6.07) is 12.4. The summed E-state index contributed by atoms with van der Waals surface area (Å²) in [5.74, 6) is 1.15. The number of thioether (sulfide) groups is 1. The van der Waals surface area contributed by atoms with Crippen LogP contribution in [-0.2, 0) is 11.3 Å². The maximum atomic E-state index is 12.3. The molecule has 0 spiro atoms. The third kappa shape index (κ3) is 4.19. The van der Waals surface area contributed by atoms with Gasteiger partial charge in [-0.2, -0.15) is 0 Å². The molecule has 0 saturated heterocycles. The summed E-state index contributed by atoms with van der Waals surface area (Å²) < 4.78 is 2.15. The van der Waals surface area contributed by atoms with Crippen LogP contribution in [0.15, 0.2) is 53.9 Å². The zero-order valence-corrected chi connectivity index (χ0v) is 15.9. The Morgan fingerprint density at radius 2 is 2.07 bits per heavy atom. The van der Waals surface area contributed by atoms with E-state index in [-0.39, 0.29) is 5.91 Å². The van der Waals surface area contributed by atoms with E-state index in [4.69, 9.17) is 0 Å². The van der Waals surface area contributed by atoms with Gasteiger partial charge in [-0.25, -0.2) is 0 Å². The van der Waals surface area contributed by atoms with E-state index in [1.807, 2.05) is 43.3 Å². The summed E-state index contributed by atoms with van der Waals surface area (Å²) in [6.07, 6.45) is 5.79. The zero-order chi connectivity index (χ0) is 18.6. The van der Waals surface area contributed by atoms with Crippen LogP contribution >= 0.6 is 11.8 Å². The molecule has 1 aliphatic rings. The van der Waals surface area contributed by atoms with Crippen LogP contribution in [0.2, 0.25) is 0 Å². The van der Waals surface area contributed by atoms with Gasteiger partial charge in [0.05, 0.1) is 5.75 Å². The molecule has 7 heteroatoms.